The molecule has 0 saturated heterocycles. The van der Waals surface area contributed by atoms with Gasteiger partial charge in [-0.3, -0.25) is 0 Å². The molecule has 0 heterocycles. The highest BCUT2D eigenvalue weighted by molar-refractivity contribution is 5.89. The first-order chi connectivity index (χ1) is 7.13. The first-order valence-electron chi connectivity index (χ1n) is 4.51. The van der Waals surface area contributed by atoms with Crippen molar-refractivity contribution in [2.75, 3.05) is 7.11 Å². The Morgan fingerprint density at radius 2 is 2.00 bits per heavy atom. The molecule has 1 aromatic rings. The van der Waals surface area contributed by atoms with Gasteiger partial charge in [-0.15, -0.1) is 0 Å². The van der Waals surface area contributed by atoms with E-state index in [9.17, 15) is 4.79 Å². The topological polar surface area (TPSA) is 46.5 Å². The normalized spacial score (nSPS) is 11.1. The van der Waals surface area contributed by atoms with Gasteiger partial charge in [-0.25, -0.2) is 4.79 Å². The summed E-state index contributed by atoms with van der Waals surface area (Å²) in [6.45, 7) is 1.59. The van der Waals surface area contributed by atoms with Gasteiger partial charge in [0.15, 0.2) is 0 Å². The Morgan fingerprint density at radius 3 is 2.47 bits per heavy atom. The second-order valence-corrected chi connectivity index (χ2v) is 3.01. The fourth-order valence-electron chi connectivity index (χ4n) is 0.995. The summed E-state index contributed by atoms with van der Waals surface area (Å²) in [6, 6.07) is 6.69. The minimum atomic E-state index is -0.648. The third-order valence-electron chi connectivity index (χ3n) is 1.73. The predicted octanol–water partition coefficient (Wildman–Crippen LogP) is 1.21. The number of carbonyl (C=O) groups is 1. The molecule has 0 aromatic heterocycles. The fourth-order valence-corrected chi connectivity index (χ4v) is 0.995. The molecule has 0 unspecified atom stereocenters. The molecular weight excluding hydrogens is 192 g/mol. The SMILES string of the molecule is COC(=O)c1ccc(C#C[C@@H](C)O)cc1. The van der Waals surface area contributed by atoms with Crippen LogP contribution in [0.3, 0.4) is 0 Å². The lowest BCUT2D eigenvalue weighted by molar-refractivity contribution is 0.0600. The first kappa shape index (κ1) is 11.3. The van der Waals surface area contributed by atoms with Crippen molar-refractivity contribution in [1.82, 2.24) is 0 Å². The summed E-state index contributed by atoms with van der Waals surface area (Å²) in [7, 11) is 1.34. The number of methoxy groups -OCH3 is 1. The zero-order valence-corrected chi connectivity index (χ0v) is 8.65. The molecule has 1 N–H and O–H groups in total. The molecule has 0 aliphatic rings. The zero-order chi connectivity index (χ0) is 11.3. The molecule has 0 aliphatic heterocycles. The van der Waals surface area contributed by atoms with Gasteiger partial charge in [0.25, 0.3) is 0 Å². The number of aliphatic hydroxyl groups excluding tert-OH is 1. The molecule has 1 aromatic carbocycles. The molecule has 15 heavy (non-hydrogen) atoms. The Labute approximate surface area is 88.7 Å². The number of aliphatic hydroxyl groups is 1. The van der Waals surface area contributed by atoms with E-state index in [1.807, 2.05) is 0 Å². The molecule has 78 valence electrons. The van der Waals surface area contributed by atoms with E-state index >= 15 is 0 Å². The third kappa shape index (κ3) is 3.45. The van der Waals surface area contributed by atoms with Crippen LogP contribution in [-0.2, 0) is 4.74 Å². The largest absolute Gasteiger partial charge is 0.465 e. The molecule has 3 heteroatoms. The lowest BCUT2D eigenvalue weighted by Crippen LogP contribution is -2.00. The Bertz CT molecular complexity index is 393. The molecule has 0 amide bonds. The smallest absolute Gasteiger partial charge is 0.337 e. The Hall–Kier alpha value is -1.79. The van der Waals surface area contributed by atoms with E-state index in [0.29, 0.717) is 5.56 Å². The zero-order valence-electron chi connectivity index (χ0n) is 8.65. The van der Waals surface area contributed by atoms with Gasteiger partial charge in [-0.1, -0.05) is 11.8 Å². The second-order valence-electron chi connectivity index (χ2n) is 3.01. The summed E-state index contributed by atoms with van der Waals surface area (Å²) in [4.78, 5) is 11.1. The molecule has 1 rings (SSSR count). The molecule has 1 atom stereocenters. The summed E-state index contributed by atoms with van der Waals surface area (Å²) >= 11 is 0. The van der Waals surface area contributed by atoms with E-state index in [1.165, 1.54) is 7.11 Å². The Balaban J connectivity index is 2.83. The second kappa shape index (κ2) is 5.18. The number of benzene rings is 1. The van der Waals surface area contributed by atoms with Crippen molar-refractivity contribution >= 4 is 5.97 Å². The van der Waals surface area contributed by atoms with Gasteiger partial charge in [0.05, 0.1) is 12.7 Å². The number of hydrogen-bond acceptors (Lipinski definition) is 3. The van der Waals surface area contributed by atoms with E-state index in [0.717, 1.165) is 5.56 Å². The summed E-state index contributed by atoms with van der Waals surface area (Å²) in [5.74, 6) is 5.02. The molecule has 3 nitrogen and oxygen atoms in total. The van der Waals surface area contributed by atoms with Crippen molar-refractivity contribution in [3.8, 4) is 11.8 Å². The van der Waals surface area contributed by atoms with Gasteiger partial charge >= 0.3 is 5.97 Å². The van der Waals surface area contributed by atoms with Crippen LogP contribution in [0.15, 0.2) is 24.3 Å². The average Bonchev–Trinajstić information content (AvgIpc) is 2.26. The predicted molar refractivity (Wildman–Crippen MR) is 56.3 cm³/mol. The molecular formula is C12H12O3. The maximum Gasteiger partial charge on any atom is 0.337 e. The minimum absolute atomic E-state index is 0.370. The van der Waals surface area contributed by atoms with Crippen LogP contribution in [0.5, 0.6) is 0 Å². The van der Waals surface area contributed by atoms with Crippen molar-refractivity contribution in [3.63, 3.8) is 0 Å². The van der Waals surface area contributed by atoms with E-state index in [4.69, 9.17) is 5.11 Å². The van der Waals surface area contributed by atoms with Gasteiger partial charge in [-0.05, 0) is 31.2 Å². The Kier molecular flexibility index (Phi) is 3.90. The summed E-state index contributed by atoms with van der Waals surface area (Å²) in [5.41, 5.74) is 1.24. The van der Waals surface area contributed by atoms with Crippen LogP contribution in [-0.4, -0.2) is 24.3 Å². The van der Waals surface area contributed by atoms with Gasteiger partial charge in [0.2, 0.25) is 0 Å². The van der Waals surface area contributed by atoms with Crippen molar-refractivity contribution in [2.45, 2.75) is 13.0 Å². The highest BCUT2D eigenvalue weighted by Crippen LogP contribution is 2.04. The number of hydrogen-bond donors (Lipinski definition) is 1. The summed E-state index contributed by atoms with van der Waals surface area (Å²) in [6.07, 6.45) is -0.648. The quantitative estimate of drug-likeness (QED) is 0.552. The molecule has 0 aliphatic carbocycles. The van der Waals surface area contributed by atoms with Gasteiger partial charge < -0.3 is 9.84 Å². The van der Waals surface area contributed by atoms with E-state index < -0.39 is 6.10 Å². The Morgan fingerprint density at radius 1 is 1.40 bits per heavy atom. The fraction of sp³-hybridized carbons (Fsp3) is 0.250. The van der Waals surface area contributed by atoms with Crippen molar-refractivity contribution < 1.29 is 14.6 Å². The standard InChI is InChI=1S/C12H12O3/c1-9(13)3-4-10-5-7-11(8-6-10)12(14)15-2/h5-9,13H,1-2H3/t9-/m1/s1. The van der Waals surface area contributed by atoms with Crippen molar-refractivity contribution in [1.29, 1.82) is 0 Å². The van der Waals surface area contributed by atoms with Gasteiger partial charge in [0.1, 0.15) is 6.10 Å². The number of carbonyl (C=O) groups excluding carboxylic acids is 1. The number of rotatable bonds is 1. The molecule has 0 bridgehead atoms. The van der Waals surface area contributed by atoms with E-state index in [2.05, 4.69) is 16.6 Å². The van der Waals surface area contributed by atoms with E-state index in [-0.39, 0.29) is 5.97 Å². The van der Waals surface area contributed by atoms with Crippen molar-refractivity contribution in [3.05, 3.63) is 35.4 Å². The maximum atomic E-state index is 11.1. The maximum absolute atomic E-state index is 11.1. The molecule has 0 spiro atoms. The monoisotopic (exact) mass is 204 g/mol. The molecule has 0 saturated carbocycles. The van der Waals surface area contributed by atoms with Crippen LogP contribution in [0.1, 0.15) is 22.8 Å². The number of ether oxygens (including phenoxy) is 1. The highest BCUT2D eigenvalue weighted by Gasteiger charge is 2.02. The third-order valence-corrected chi connectivity index (χ3v) is 1.73. The lowest BCUT2D eigenvalue weighted by Gasteiger charge is -1.98. The van der Waals surface area contributed by atoms with Crippen LogP contribution in [0.4, 0.5) is 0 Å². The van der Waals surface area contributed by atoms with Crippen LogP contribution in [0.2, 0.25) is 0 Å². The van der Waals surface area contributed by atoms with Crippen molar-refractivity contribution in [2.24, 2.45) is 0 Å². The number of esters is 1. The highest BCUT2D eigenvalue weighted by atomic mass is 16.5. The van der Waals surface area contributed by atoms with Gasteiger partial charge in [0, 0.05) is 5.56 Å². The summed E-state index contributed by atoms with van der Waals surface area (Å²) in [5, 5.41) is 8.95. The van der Waals surface area contributed by atoms with Gasteiger partial charge in [-0.2, -0.15) is 0 Å². The van der Waals surface area contributed by atoms with Crippen LogP contribution >= 0.6 is 0 Å². The minimum Gasteiger partial charge on any atom is -0.465 e. The van der Waals surface area contributed by atoms with E-state index in [1.54, 1.807) is 31.2 Å². The van der Waals surface area contributed by atoms with Crippen LogP contribution in [0.25, 0.3) is 0 Å². The summed E-state index contributed by atoms with van der Waals surface area (Å²) < 4.78 is 4.56. The molecule has 0 radical (unpaired) electrons. The molecule has 0 fully saturated rings. The van der Waals surface area contributed by atoms with Crippen LogP contribution < -0.4 is 0 Å². The lowest BCUT2D eigenvalue weighted by atomic mass is 10.1. The average molecular weight is 204 g/mol. The first-order valence-corrected chi connectivity index (χ1v) is 4.51. The van der Waals surface area contributed by atoms with Crippen LogP contribution in [0, 0.1) is 11.8 Å².